The van der Waals surface area contributed by atoms with Gasteiger partial charge < -0.3 is 48.2 Å². The van der Waals surface area contributed by atoms with E-state index in [4.69, 9.17) is 28.1 Å². The maximum Gasteiger partial charge on any atom is 0.306 e. The van der Waals surface area contributed by atoms with E-state index in [-0.39, 0.29) is 36.1 Å². The summed E-state index contributed by atoms with van der Waals surface area (Å²) in [6.45, 7) is 22.0. The van der Waals surface area contributed by atoms with Crippen molar-refractivity contribution in [3.05, 3.63) is 248 Å². The largest absolute Gasteiger partial charge is 0.460 e. The van der Waals surface area contributed by atoms with Crippen molar-refractivity contribution in [3.63, 3.8) is 0 Å². The van der Waals surface area contributed by atoms with Gasteiger partial charge >= 0.3 is 5.97 Å². The van der Waals surface area contributed by atoms with Crippen LogP contribution in [0.1, 0.15) is 157 Å². The molecule has 19 nitrogen and oxygen atoms in total. The van der Waals surface area contributed by atoms with Gasteiger partial charge in [-0.1, -0.05) is 66.7 Å². The zero-order valence-electron chi connectivity index (χ0n) is 61.8. The lowest BCUT2D eigenvalue weighted by Gasteiger charge is -2.23. The Hall–Kier alpha value is -11.0. The Balaban J connectivity index is 0.000000136. The second kappa shape index (κ2) is 32.1. The van der Waals surface area contributed by atoms with Crippen molar-refractivity contribution >= 4 is 64.6 Å². The Morgan fingerprint density at radius 1 is 0.462 bits per heavy atom. The number of carbonyl (C=O) groups excluding carboxylic acids is 5. The van der Waals surface area contributed by atoms with Gasteiger partial charge in [-0.3, -0.25) is 24.0 Å². The summed E-state index contributed by atoms with van der Waals surface area (Å²) in [7, 11) is 0. The number of nitrogens with one attached hydrogen (secondary N) is 1. The van der Waals surface area contributed by atoms with Crippen molar-refractivity contribution in [1.82, 2.24) is 19.9 Å². The van der Waals surface area contributed by atoms with E-state index in [1.807, 2.05) is 219 Å². The average molecular weight is 1450 g/mol. The van der Waals surface area contributed by atoms with E-state index < -0.39 is 5.60 Å². The first-order chi connectivity index (χ1) is 50.6. The molecule has 4 aliphatic heterocycles. The van der Waals surface area contributed by atoms with E-state index >= 15 is 0 Å². The Morgan fingerprint density at radius 3 is 1.19 bits per heavy atom. The van der Waals surface area contributed by atoms with Gasteiger partial charge in [0.05, 0.1) is 39.8 Å². The van der Waals surface area contributed by atoms with Gasteiger partial charge in [0.25, 0.3) is 17.7 Å². The number of aromatic nitrogens is 4. The minimum absolute atomic E-state index is 0. The van der Waals surface area contributed by atoms with Crippen LogP contribution in [0.5, 0.6) is 0 Å². The van der Waals surface area contributed by atoms with Gasteiger partial charge in [0.1, 0.15) is 11.4 Å². The number of fused-ring (bicyclic) bond motifs is 12. The monoisotopic (exact) mass is 1440 g/mol. The molecular weight excluding hydrogens is 1350 g/mol. The summed E-state index contributed by atoms with van der Waals surface area (Å²) in [5.41, 5.74) is 24.7. The Morgan fingerprint density at radius 2 is 0.811 bits per heavy atom. The molecule has 1 saturated carbocycles. The van der Waals surface area contributed by atoms with Gasteiger partial charge in [0, 0.05) is 149 Å². The van der Waals surface area contributed by atoms with E-state index in [2.05, 4.69) is 37.4 Å². The third-order valence-corrected chi connectivity index (χ3v) is 19.5. The van der Waals surface area contributed by atoms with Crippen LogP contribution in [0.2, 0.25) is 0 Å². The SMILES string of the molecule is Cc1nc2c(o1)-c1ccccc1N(C(=O)c1ccc(CCC(=O)C3CC3)c(C)c1)CC2.Cc1nc2c(o1)-c1ccccc1N(C(=O)c1ccc(CCC(=O)OC(C)(C)C)c(C)c1)CC2.Cc1nc2c(o1)-c1ccccc1N(C(=O)c1ccc(CN)c(C)c1)CC2.Cc1nc2c(o1)-c1ccccc1NCC2.Cl. The first-order valence-electron chi connectivity index (χ1n) is 36.2. The zero-order valence-corrected chi connectivity index (χ0v) is 62.6. The summed E-state index contributed by atoms with van der Waals surface area (Å²) < 4.78 is 28.6. The number of amides is 3. The number of nitrogens with two attached hydrogens (primary N) is 1. The molecular formula is C86H90ClN9O10. The Kier molecular flexibility index (Phi) is 22.7. The van der Waals surface area contributed by atoms with E-state index in [0.717, 1.165) is 162 Å². The van der Waals surface area contributed by atoms with Crippen LogP contribution < -0.4 is 25.8 Å². The molecule has 16 rings (SSSR count). The van der Waals surface area contributed by atoms with Gasteiger partial charge in [0.15, 0.2) is 46.6 Å². The maximum absolute atomic E-state index is 13.5. The van der Waals surface area contributed by atoms with Crippen LogP contribution in [0.15, 0.2) is 169 Å². The summed E-state index contributed by atoms with van der Waals surface area (Å²) >= 11 is 0. The number of rotatable bonds is 11. The van der Waals surface area contributed by atoms with Gasteiger partial charge in [-0.25, -0.2) is 19.9 Å². The fraction of sp³-hybridized carbons (Fsp3) is 0.314. The van der Waals surface area contributed by atoms with E-state index in [1.165, 1.54) is 0 Å². The van der Waals surface area contributed by atoms with Gasteiger partial charge in [0.2, 0.25) is 0 Å². The summed E-state index contributed by atoms with van der Waals surface area (Å²) in [4.78, 5) is 87.8. The molecule has 546 valence electrons. The lowest BCUT2D eigenvalue weighted by atomic mass is 9.98. The number of oxazole rings is 4. The highest BCUT2D eigenvalue weighted by Gasteiger charge is 2.33. The average Bonchev–Trinajstić information content (AvgIpc) is 1.60. The predicted molar refractivity (Wildman–Crippen MR) is 414 cm³/mol. The summed E-state index contributed by atoms with van der Waals surface area (Å²) in [6, 6.07) is 48.9. The number of ether oxygens (including phenoxy) is 1. The quantitative estimate of drug-likeness (QED) is 0.114. The lowest BCUT2D eigenvalue weighted by molar-refractivity contribution is -0.154. The Labute approximate surface area is 624 Å². The van der Waals surface area contributed by atoms with Crippen molar-refractivity contribution in [2.45, 2.75) is 146 Å². The minimum Gasteiger partial charge on any atom is -0.460 e. The van der Waals surface area contributed by atoms with Crippen LogP contribution in [0, 0.1) is 54.4 Å². The molecule has 3 N–H and O–H groups in total. The normalized spacial score (nSPS) is 13.7. The predicted octanol–water partition coefficient (Wildman–Crippen LogP) is 17.2. The number of hydrogen-bond acceptors (Lipinski definition) is 16. The first kappa shape index (κ1) is 74.7. The number of hydrogen-bond donors (Lipinski definition) is 2. The summed E-state index contributed by atoms with van der Waals surface area (Å²) in [5.74, 6) is 6.21. The Bertz CT molecular complexity index is 5110. The topological polar surface area (TPSA) is 246 Å². The van der Waals surface area contributed by atoms with E-state index in [0.29, 0.717) is 111 Å². The fourth-order valence-corrected chi connectivity index (χ4v) is 14.1. The molecule has 106 heavy (non-hydrogen) atoms. The number of benzene rings is 7. The van der Waals surface area contributed by atoms with Crippen molar-refractivity contribution in [1.29, 1.82) is 0 Å². The number of aryl methyl sites for hydroxylation is 9. The number of anilines is 4. The molecule has 0 saturated heterocycles. The molecule has 0 spiro atoms. The lowest BCUT2D eigenvalue weighted by Crippen LogP contribution is -2.32. The number of nitrogens with zero attached hydrogens (tertiary/aromatic N) is 7. The molecule has 0 atom stereocenters. The van der Waals surface area contributed by atoms with Crippen LogP contribution >= 0.6 is 12.4 Å². The number of Topliss-reactive ketones (excluding diaryl/α,β-unsaturated/α-hetero) is 1. The molecule has 0 bridgehead atoms. The molecule has 1 fully saturated rings. The molecule has 8 heterocycles. The molecule has 7 aromatic carbocycles. The molecule has 1 aliphatic carbocycles. The van der Waals surface area contributed by atoms with E-state index in [1.54, 1.807) is 4.90 Å². The smallest absolute Gasteiger partial charge is 0.306 e. The van der Waals surface area contributed by atoms with Crippen molar-refractivity contribution in [2.24, 2.45) is 11.7 Å². The number of ketones is 1. The zero-order chi connectivity index (χ0) is 73.8. The standard InChI is InChI=1S/C27H30N2O4.C26H26N2O3.C21H21N3O2.C12H12N2O.ClH/c1-17-16-20(11-10-19(17)12-13-24(30)33-27(3,4)5)26(31)29-15-14-22-25(32-18(2)28-22)21-8-6-7-9-23(21)29;1-16-15-20(10-7-18(16)11-12-24(29)19-8-9-19)26(30)28-14-13-22-25(31-17(2)27-22)21-5-3-4-6-23(21)28;1-13-11-15(7-8-16(13)12-22)21(25)24-10-9-18-20(26-14(2)23-18)17-5-3-4-6-19(17)24;1-8-14-11-6-7-13-10-5-3-2-4-9(10)12(11)15-8;/h6-11,16H,12-15H2,1-5H3;3-7,10,15,19H,8-9,11-14H2,1-2H3;3-8,11H,9-10,12,22H2,1-2H3;2-5,13H,6-7H2,1H3;1H. The van der Waals surface area contributed by atoms with Gasteiger partial charge in [-0.2, -0.15) is 0 Å². The van der Waals surface area contributed by atoms with Crippen molar-refractivity contribution < 1.29 is 46.4 Å². The van der Waals surface area contributed by atoms with Crippen LogP contribution in [0.3, 0.4) is 0 Å². The minimum atomic E-state index is -0.490. The molecule has 20 heteroatoms. The number of para-hydroxylation sites is 4. The fourth-order valence-electron chi connectivity index (χ4n) is 14.1. The number of halogens is 1. The van der Waals surface area contributed by atoms with Crippen LogP contribution in [0.25, 0.3) is 45.3 Å². The van der Waals surface area contributed by atoms with E-state index in [9.17, 15) is 24.0 Å². The molecule has 4 aromatic heterocycles. The highest BCUT2D eigenvalue weighted by Crippen LogP contribution is 2.42. The molecule has 0 radical (unpaired) electrons. The summed E-state index contributed by atoms with van der Waals surface area (Å²) in [5, 5.41) is 3.38. The third kappa shape index (κ3) is 16.7. The number of esters is 1. The van der Waals surface area contributed by atoms with Gasteiger partial charge in [-0.15, -0.1) is 12.4 Å². The second-order valence-corrected chi connectivity index (χ2v) is 28.4. The molecule has 11 aromatic rings. The second-order valence-electron chi connectivity index (χ2n) is 28.4. The maximum atomic E-state index is 13.5. The van der Waals surface area contributed by atoms with Crippen LogP contribution in [-0.2, 0) is 59.4 Å². The molecule has 0 unspecified atom stereocenters. The highest BCUT2D eigenvalue weighted by atomic mass is 35.5. The first-order valence-corrected chi connectivity index (χ1v) is 36.2. The molecule has 3 amide bonds. The highest BCUT2D eigenvalue weighted by molar-refractivity contribution is 6.10. The van der Waals surface area contributed by atoms with Crippen LogP contribution in [-0.4, -0.2) is 81.2 Å². The number of carbonyl (C=O) groups is 5. The summed E-state index contributed by atoms with van der Waals surface area (Å²) in [6.07, 6.45) is 7.17. The third-order valence-electron chi connectivity index (χ3n) is 19.5. The van der Waals surface area contributed by atoms with Crippen molar-refractivity contribution in [3.8, 4) is 45.3 Å². The van der Waals surface area contributed by atoms with Crippen molar-refractivity contribution in [2.75, 3.05) is 46.2 Å². The van der Waals surface area contributed by atoms with Crippen LogP contribution in [0.4, 0.5) is 22.7 Å². The van der Waals surface area contributed by atoms with Gasteiger partial charge in [-0.05, 0) is 186 Å². The molecule has 5 aliphatic rings.